The molecule has 0 unspecified atom stereocenters. The van der Waals surface area contributed by atoms with Gasteiger partial charge in [0.1, 0.15) is 11.5 Å². The number of morpholine rings is 1. The molecule has 164 valence electrons. The molecule has 1 fully saturated rings. The fraction of sp³-hybridized carbons (Fsp3) is 0.650. The van der Waals surface area contributed by atoms with E-state index < -0.39 is 6.61 Å². The van der Waals surface area contributed by atoms with E-state index in [0.29, 0.717) is 30.4 Å². The van der Waals surface area contributed by atoms with Gasteiger partial charge in [0.15, 0.2) is 5.96 Å². The standard InChI is InChI=1S/C20H32F2N4O3/c1-5-23-19(25-14-20(2,3)26-8-10-28-11-9-26)24-13-15-12-16(27-4)6-7-17(15)29-18(21)22/h6-7,12,18H,5,8-11,13-14H2,1-4H3,(H2,23,24,25). The van der Waals surface area contributed by atoms with Crippen molar-refractivity contribution in [3.63, 3.8) is 0 Å². The van der Waals surface area contributed by atoms with E-state index >= 15 is 0 Å². The number of hydrogen-bond donors (Lipinski definition) is 2. The van der Waals surface area contributed by atoms with Gasteiger partial charge in [-0.2, -0.15) is 8.78 Å². The van der Waals surface area contributed by atoms with Crippen LogP contribution < -0.4 is 20.1 Å². The van der Waals surface area contributed by atoms with Gasteiger partial charge in [-0.15, -0.1) is 0 Å². The molecule has 9 heteroatoms. The van der Waals surface area contributed by atoms with Crippen LogP contribution in [0.1, 0.15) is 26.3 Å². The van der Waals surface area contributed by atoms with Crippen LogP contribution >= 0.6 is 0 Å². The minimum atomic E-state index is -2.90. The van der Waals surface area contributed by atoms with Crippen LogP contribution in [-0.2, 0) is 11.3 Å². The van der Waals surface area contributed by atoms with Crippen molar-refractivity contribution in [2.24, 2.45) is 4.99 Å². The van der Waals surface area contributed by atoms with Crippen LogP contribution in [0.3, 0.4) is 0 Å². The van der Waals surface area contributed by atoms with E-state index in [1.54, 1.807) is 12.1 Å². The number of guanidine groups is 1. The molecule has 1 aromatic rings. The SMILES string of the molecule is CCNC(=NCc1cc(OC)ccc1OC(F)F)NCC(C)(C)N1CCOCC1. The molecular formula is C20H32F2N4O3. The van der Waals surface area contributed by atoms with Crippen molar-refractivity contribution in [2.75, 3.05) is 46.5 Å². The summed E-state index contributed by atoms with van der Waals surface area (Å²) < 4.78 is 40.6. The first-order valence-corrected chi connectivity index (χ1v) is 9.82. The lowest BCUT2D eigenvalue weighted by atomic mass is 10.0. The average Bonchev–Trinajstić information content (AvgIpc) is 2.71. The Labute approximate surface area is 171 Å². The molecule has 29 heavy (non-hydrogen) atoms. The van der Waals surface area contributed by atoms with Crippen molar-refractivity contribution < 1.29 is 23.0 Å². The summed E-state index contributed by atoms with van der Waals surface area (Å²) in [5, 5.41) is 6.55. The summed E-state index contributed by atoms with van der Waals surface area (Å²) >= 11 is 0. The number of benzene rings is 1. The second kappa shape index (κ2) is 11.2. The average molecular weight is 414 g/mol. The molecule has 0 spiro atoms. The summed E-state index contributed by atoms with van der Waals surface area (Å²) in [5.74, 6) is 1.26. The van der Waals surface area contributed by atoms with E-state index in [2.05, 4.69) is 39.1 Å². The first-order valence-electron chi connectivity index (χ1n) is 9.82. The fourth-order valence-electron chi connectivity index (χ4n) is 3.10. The largest absolute Gasteiger partial charge is 0.497 e. The predicted octanol–water partition coefficient (Wildman–Crippen LogP) is 2.46. The molecule has 7 nitrogen and oxygen atoms in total. The number of alkyl halides is 2. The fourth-order valence-corrected chi connectivity index (χ4v) is 3.10. The van der Waals surface area contributed by atoms with Gasteiger partial charge in [0.2, 0.25) is 0 Å². The van der Waals surface area contributed by atoms with Crippen molar-refractivity contribution in [2.45, 2.75) is 39.5 Å². The van der Waals surface area contributed by atoms with Crippen molar-refractivity contribution >= 4 is 5.96 Å². The van der Waals surface area contributed by atoms with Crippen LogP contribution in [0.4, 0.5) is 8.78 Å². The van der Waals surface area contributed by atoms with Gasteiger partial charge < -0.3 is 24.8 Å². The molecule has 1 aliphatic heterocycles. The first kappa shape index (κ1) is 23.2. The molecule has 0 amide bonds. The van der Waals surface area contributed by atoms with Gasteiger partial charge >= 0.3 is 6.61 Å². The van der Waals surface area contributed by atoms with Crippen LogP contribution in [-0.4, -0.2) is 69.5 Å². The summed E-state index contributed by atoms with van der Waals surface area (Å²) in [6.07, 6.45) is 0. The third-order valence-corrected chi connectivity index (χ3v) is 4.79. The summed E-state index contributed by atoms with van der Waals surface area (Å²) in [6.45, 7) is 8.21. The van der Waals surface area contributed by atoms with Crippen LogP contribution in [0.15, 0.2) is 23.2 Å². The zero-order valence-electron chi connectivity index (χ0n) is 17.6. The lowest BCUT2D eigenvalue weighted by molar-refractivity contribution is -0.0504. The van der Waals surface area contributed by atoms with Gasteiger partial charge in [0.25, 0.3) is 0 Å². The Balaban J connectivity index is 2.08. The zero-order valence-corrected chi connectivity index (χ0v) is 17.6. The van der Waals surface area contributed by atoms with Crippen molar-refractivity contribution in [3.8, 4) is 11.5 Å². The Bertz CT molecular complexity index is 665. The number of nitrogens with one attached hydrogen (secondary N) is 2. The Kier molecular flexibility index (Phi) is 8.91. The molecule has 1 saturated heterocycles. The molecule has 0 saturated carbocycles. The molecular weight excluding hydrogens is 382 g/mol. The van der Waals surface area contributed by atoms with Crippen LogP contribution in [0.2, 0.25) is 0 Å². The number of nitrogens with zero attached hydrogens (tertiary/aromatic N) is 2. The second-order valence-corrected chi connectivity index (χ2v) is 7.31. The highest BCUT2D eigenvalue weighted by Crippen LogP contribution is 2.26. The van der Waals surface area contributed by atoms with Crippen LogP contribution in [0.5, 0.6) is 11.5 Å². The van der Waals surface area contributed by atoms with Gasteiger partial charge in [0.05, 0.1) is 26.9 Å². The summed E-state index contributed by atoms with van der Waals surface area (Å²) in [7, 11) is 1.52. The first-order chi connectivity index (χ1) is 13.9. The maximum absolute atomic E-state index is 12.7. The summed E-state index contributed by atoms with van der Waals surface area (Å²) in [6, 6.07) is 4.71. The smallest absolute Gasteiger partial charge is 0.387 e. The Hall–Kier alpha value is -2.13. The van der Waals surface area contributed by atoms with Gasteiger partial charge in [-0.25, -0.2) is 4.99 Å². The maximum atomic E-state index is 12.7. The summed E-state index contributed by atoms with van der Waals surface area (Å²) in [4.78, 5) is 6.92. The van der Waals surface area contributed by atoms with Crippen LogP contribution in [0, 0.1) is 0 Å². The normalized spacial score (nSPS) is 16.0. The van der Waals surface area contributed by atoms with Crippen molar-refractivity contribution in [1.29, 1.82) is 0 Å². The molecule has 0 radical (unpaired) electrons. The van der Waals surface area contributed by atoms with E-state index in [-0.39, 0.29) is 17.8 Å². The lowest BCUT2D eigenvalue weighted by Gasteiger charge is -2.41. The number of hydrogen-bond acceptors (Lipinski definition) is 5. The highest BCUT2D eigenvalue weighted by Gasteiger charge is 2.28. The summed E-state index contributed by atoms with van der Waals surface area (Å²) in [5.41, 5.74) is 0.439. The Morgan fingerprint density at radius 2 is 2.00 bits per heavy atom. The minimum absolute atomic E-state index is 0.0834. The molecule has 1 aromatic carbocycles. The van der Waals surface area contributed by atoms with E-state index in [1.165, 1.54) is 13.2 Å². The zero-order chi connectivity index (χ0) is 21.3. The van der Waals surface area contributed by atoms with Gasteiger partial charge in [-0.05, 0) is 39.0 Å². The second-order valence-electron chi connectivity index (χ2n) is 7.31. The molecule has 0 aliphatic carbocycles. The number of ether oxygens (including phenoxy) is 3. The Morgan fingerprint density at radius 3 is 2.62 bits per heavy atom. The molecule has 0 bridgehead atoms. The number of rotatable bonds is 9. The van der Waals surface area contributed by atoms with Gasteiger partial charge in [0, 0.05) is 37.3 Å². The number of aliphatic imine (C=N–C) groups is 1. The monoisotopic (exact) mass is 414 g/mol. The Morgan fingerprint density at radius 1 is 1.28 bits per heavy atom. The molecule has 2 N–H and O–H groups in total. The van der Waals surface area contributed by atoms with Gasteiger partial charge in [-0.3, -0.25) is 4.90 Å². The highest BCUT2D eigenvalue weighted by molar-refractivity contribution is 5.79. The minimum Gasteiger partial charge on any atom is -0.497 e. The molecule has 0 aromatic heterocycles. The van der Waals surface area contributed by atoms with E-state index in [9.17, 15) is 8.78 Å². The van der Waals surface area contributed by atoms with Crippen LogP contribution in [0.25, 0.3) is 0 Å². The van der Waals surface area contributed by atoms with Gasteiger partial charge in [-0.1, -0.05) is 0 Å². The molecule has 2 rings (SSSR count). The third-order valence-electron chi connectivity index (χ3n) is 4.79. The molecule has 1 aliphatic rings. The van der Waals surface area contributed by atoms with E-state index in [4.69, 9.17) is 9.47 Å². The number of halogens is 2. The maximum Gasteiger partial charge on any atom is 0.387 e. The third kappa shape index (κ3) is 7.32. The van der Waals surface area contributed by atoms with E-state index in [0.717, 1.165) is 26.3 Å². The molecule has 0 atom stereocenters. The lowest BCUT2D eigenvalue weighted by Crippen LogP contribution is -2.56. The van der Waals surface area contributed by atoms with Crippen molar-refractivity contribution in [1.82, 2.24) is 15.5 Å². The quantitative estimate of drug-likeness (QED) is 0.478. The highest BCUT2D eigenvalue weighted by atomic mass is 19.3. The number of methoxy groups -OCH3 is 1. The van der Waals surface area contributed by atoms with E-state index in [1.807, 2.05) is 6.92 Å². The molecule has 1 heterocycles. The topological polar surface area (TPSA) is 67.4 Å². The van der Waals surface area contributed by atoms with Crippen molar-refractivity contribution in [3.05, 3.63) is 23.8 Å². The predicted molar refractivity (Wildman–Crippen MR) is 109 cm³/mol.